The molecule has 98 valence electrons. The highest BCUT2D eigenvalue weighted by Gasteiger charge is 2.29. The summed E-state index contributed by atoms with van der Waals surface area (Å²) in [6.45, 7) is 7.99. The zero-order chi connectivity index (χ0) is 13.3. The Hall–Kier alpha value is -1.35. The molecule has 18 heavy (non-hydrogen) atoms. The van der Waals surface area contributed by atoms with Crippen molar-refractivity contribution in [2.45, 2.75) is 32.9 Å². The zero-order valence-electron chi connectivity index (χ0n) is 11.7. The van der Waals surface area contributed by atoms with E-state index in [1.807, 2.05) is 36.1 Å². The maximum absolute atomic E-state index is 12.5. The molecule has 0 aromatic heterocycles. The molecule has 1 saturated heterocycles. The molecule has 2 unspecified atom stereocenters. The van der Waals surface area contributed by atoms with Gasteiger partial charge in [-0.25, -0.2) is 0 Å². The predicted octanol–water partition coefficient (Wildman–Crippen LogP) is 2.16. The fraction of sp³-hybridized carbons (Fsp3) is 0.533. The summed E-state index contributed by atoms with van der Waals surface area (Å²) in [5, 5.41) is 0. The second-order valence-electron chi connectivity index (χ2n) is 5.44. The summed E-state index contributed by atoms with van der Waals surface area (Å²) >= 11 is 0. The van der Waals surface area contributed by atoms with Crippen LogP contribution in [-0.4, -0.2) is 47.9 Å². The van der Waals surface area contributed by atoms with Crippen molar-refractivity contribution in [2.75, 3.05) is 20.1 Å². The second kappa shape index (κ2) is 5.11. The van der Waals surface area contributed by atoms with Gasteiger partial charge in [-0.05, 0) is 40.0 Å². The molecule has 1 aromatic rings. The predicted molar refractivity (Wildman–Crippen MR) is 73.8 cm³/mol. The standard InChI is InChI=1S/C15H22N2O/c1-11-6-5-7-14(8-11)15(18)17-9-12(2)16(4)13(3)10-17/h5-8,12-13H,9-10H2,1-4H3. The first-order chi connectivity index (χ1) is 8.49. The Kier molecular flexibility index (Phi) is 3.71. The Morgan fingerprint density at radius 1 is 1.22 bits per heavy atom. The molecule has 0 radical (unpaired) electrons. The van der Waals surface area contributed by atoms with Crippen molar-refractivity contribution in [3.8, 4) is 0 Å². The molecule has 2 atom stereocenters. The number of hydrogen-bond donors (Lipinski definition) is 0. The largest absolute Gasteiger partial charge is 0.336 e. The first-order valence-corrected chi connectivity index (χ1v) is 6.57. The van der Waals surface area contributed by atoms with Gasteiger partial charge in [0.15, 0.2) is 0 Å². The minimum atomic E-state index is 0.158. The topological polar surface area (TPSA) is 23.6 Å². The van der Waals surface area contributed by atoms with E-state index < -0.39 is 0 Å². The molecule has 1 aliphatic heterocycles. The van der Waals surface area contributed by atoms with Crippen molar-refractivity contribution in [1.82, 2.24) is 9.80 Å². The van der Waals surface area contributed by atoms with Crippen LogP contribution in [0.3, 0.4) is 0 Å². The average molecular weight is 246 g/mol. The number of likely N-dealkylation sites (N-methyl/N-ethyl adjacent to an activating group) is 1. The van der Waals surface area contributed by atoms with Crippen LogP contribution in [-0.2, 0) is 0 Å². The van der Waals surface area contributed by atoms with Gasteiger partial charge in [0.2, 0.25) is 0 Å². The van der Waals surface area contributed by atoms with Gasteiger partial charge in [-0.3, -0.25) is 9.69 Å². The molecule has 0 N–H and O–H groups in total. The molecule has 0 saturated carbocycles. The van der Waals surface area contributed by atoms with Crippen LogP contribution >= 0.6 is 0 Å². The molecule has 2 rings (SSSR count). The van der Waals surface area contributed by atoms with Crippen LogP contribution in [0.2, 0.25) is 0 Å². The van der Waals surface area contributed by atoms with Crippen molar-refractivity contribution in [3.63, 3.8) is 0 Å². The van der Waals surface area contributed by atoms with E-state index in [-0.39, 0.29) is 5.91 Å². The number of carbonyl (C=O) groups is 1. The van der Waals surface area contributed by atoms with Crippen molar-refractivity contribution in [3.05, 3.63) is 35.4 Å². The molecule has 3 nitrogen and oxygen atoms in total. The molecule has 0 aliphatic carbocycles. The van der Waals surface area contributed by atoms with Crippen LogP contribution in [0.15, 0.2) is 24.3 Å². The van der Waals surface area contributed by atoms with Gasteiger partial charge in [0.25, 0.3) is 5.91 Å². The Labute approximate surface area is 109 Å². The summed E-state index contributed by atoms with van der Waals surface area (Å²) < 4.78 is 0. The number of amides is 1. The third kappa shape index (κ3) is 2.56. The lowest BCUT2D eigenvalue weighted by Crippen LogP contribution is -2.56. The van der Waals surface area contributed by atoms with E-state index >= 15 is 0 Å². The fourth-order valence-electron chi connectivity index (χ4n) is 2.53. The lowest BCUT2D eigenvalue weighted by atomic mass is 10.1. The van der Waals surface area contributed by atoms with Crippen LogP contribution in [0.25, 0.3) is 0 Å². The minimum absolute atomic E-state index is 0.158. The first-order valence-electron chi connectivity index (χ1n) is 6.57. The zero-order valence-corrected chi connectivity index (χ0v) is 11.7. The summed E-state index contributed by atoms with van der Waals surface area (Å²) in [5.74, 6) is 0.158. The number of nitrogens with zero attached hydrogens (tertiary/aromatic N) is 2. The van der Waals surface area contributed by atoms with Gasteiger partial charge in [-0.2, -0.15) is 0 Å². The number of hydrogen-bond acceptors (Lipinski definition) is 2. The summed E-state index contributed by atoms with van der Waals surface area (Å²) in [6, 6.07) is 8.68. The number of rotatable bonds is 1. The third-order valence-corrected chi connectivity index (χ3v) is 3.91. The summed E-state index contributed by atoms with van der Waals surface area (Å²) in [6.07, 6.45) is 0. The number of carbonyl (C=O) groups excluding carboxylic acids is 1. The van der Waals surface area contributed by atoms with Crippen molar-refractivity contribution >= 4 is 5.91 Å². The van der Waals surface area contributed by atoms with Gasteiger partial charge < -0.3 is 4.90 Å². The first kappa shape index (κ1) is 13.1. The van der Waals surface area contributed by atoms with Crippen LogP contribution in [0.1, 0.15) is 29.8 Å². The summed E-state index contributed by atoms with van der Waals surface area (Å²) in [5.41, 5.74) is 1.94. The molecular weight excluding hydrogens is 224 g/mol. The third-order valence-electron chi connectivity index (χ3n) is 3.91. The second-order valence-corrected chi connectivity index (χ2v) is 5.44. The molecule has 1 fully saturated rings. The number of piperazine rings is 1. The number of benzene rings is 1. The highest BCUT2D eigenvalue weighted by atomic mass is 16.2. The monoisotopic (exact) mass is 246 g/mol. The minimum Gasteiger partial charge on any atom is -0.336 e. The molecule has 1 aromatic carbocycles. The van der Waals surface area contributed by atoms with Gasteiger partial charge in [-0.15, -0.1) is 0 Å². The van der Waals surface area contributed by atoms with Crippen LogP contribution < -0.4 is 0 Å². The molecule has 3 heteroatoms. The average Bonchev–Trinajstić information content (AvgIpc) is 2.34. The number of aryl methyl sites for hydroxylation is 1. The molecule has 1 amide bonds. The van der Waals surface area contributed by atoms with Crippen molar-refractivity contribution in [1.29, 1.82) is 0 Å². The van der Waals surface area contributed by atoms with Crippen LogP contribution in [0.5, 0.6) is 0 Å². The Bertz CT molecular complexity index is 432. The van der Waals surface area contributed by atoms with E-state index in [0.717, 1.165) is 24.2 Å². The Balaban J connectivity index is 2.15. The van der Waals surface area contributed by atoms with E-state index in [4.69, 9.17) is 0 Å². The highest BCUT2D eigenvalue weighted by molar-refractivity contribution is 5.94. The van der Waals surface area contributed by atoms with E-state index in [9.17, 15) is 4.79 Å². The fourth-order valence-corrected chi connectivity index (χ4v) is 2.53. The molecular formula is C15H22N2O. The maximum atomic E-state index is 12.5. The molecule has 0 spiro atoms. The van der Waals surface area contributed by atoms with E-state index in [0.29, 0.717) is 12.1 Å². The summed E-state index contributed by atoms with van der Waals surface area (Å²) in [4.78, 5) is 16.8. The van der Waals surface area contributed by atoms with Gasteiger partial charge in [0.05, 0.1) is 0 Å². The van der Waals surface area contributed by atoms with Crippen LogP contribution in [0, 0.1) is 6.92 Å². The van der Waals surface area contributed by atoms with E-state index in [1.54, 1.807) is 0 Å². The highest BCUT2D eigenvalue weighted by Crippen LogP contribution is 2.16. The smallest absolute Gasteiger partial charge is 0.253 e. The van der Waals surface area contributed by atoms with Gasteiger partial charge in [0, 0.05) is 30.7 Å². The van der Waals surface area contributed by atoms with Crippen molar-refractivity contribution < 1.29 is 4.79 Å². The van der Waals surface area contributed by atoms with Crippen LogP contribution in [0.4, 0.5) is 0 Å². The lowest BCUT2D eigenvalue weighted by molar-refractivity contribution is 0.0414. The maximum Gasteiger partial charge on any atom is 0.253 e. The molecule has 0 bridgehead atoms. The SMILES string of the molecule is Cc1cccc(C(=O)N2CC(C)N(C)C(C)C2)c1. The van der Waals surface area contributed by atoms with E-state index in [2.05, 4.69) is 25.8 Å². The van der Waals surface area contributed by atoms with Gasteiger partial charge in [0.1, 0.15) is 0 Å². The molecule has 1 heterocycles. The lowest BCUT2D eigenvalue weighted by Gasteiger charge is -2.42. The Morgan fingerprint density at radius 3 is 2.39 bits per heavy atom. The van der Waals surface area contributed by atoms with Gasteiger partial charge >= 0.3 is 0 Å². The van der Waals surface area contributed by atoms with Gasteiger partial charge in [-0.1, -0.05) is 17.7 Å². The van der Waals surface area contributed by atoms with E-state index in [1.165, 1.54) is 0 Å². The quantitative estimate of drug-likeness (QED) is 0.758. The Morgan fingerprint density at radius 2 is 1.83 bits per heavy atom. The van der Waals surface area contributed by atoms with Crippen molar-refractivity contribution in [2.24, 2.45) is 0 Å². The summed E-state index contributed by atoms with van der Waals surface area (Å²) in [7, 11) is 2.13. The normalized spacial score (nSPS) is 25.2. The molecule has 1 aliphatic rings.